The van der Waals surface area contributed by atoms with Gasteiger partial charge in [-0.05, 0) is 53.1 Å². The Morgan fingerprint density at radius 1 is 0.794 bits per heavy atom. The van der Waals surface area contributed by atoms with Gasteiger partial charge in [0.25, 0.3) is 0 Å². The minimum atomic E-state index is -0.188. The number of ether oxygens (including phenoxy) is 1. The highest BCUT2D eigenvalue weighted by Crippen LogP contribution is 2.43. The number of carbonyl (C=O) groups excluding carboxylic acids is 2. The lowest BCUT2D eigenvalue weighted by Gasteiger charge is -2.34. The molecule has 3 aromatic carbocycles. The maximum atomic E-state index is 13.4. The van der Waals surface area contributed by atoms with Crippen LogP contribution in [0.1, 0.15) is 55.6 Å². The number of amides is 1. The van der Waals surface area contributed by atoms with Gasteiger partial charge < -0.3 is 10.1 Å². The topological polar surface area (TPSA) is 55.4 Å². The summed E-state index contributed by atoms with van der Waals surface area (Å²) < 4.78 is 5.68. The fourth-order valence-corrected chi connectivity index (χ4v) is 5.08. The largest absolute Gasteiger partial charge is 0.494 e. The van der Waals surface area contributed by atoms with Gasteiger partial charge in [-0.15, -0.1) is 0 Å². The molecule has 3 aromatic rings. The van der Waals surface area contributed by atoms with Gasteiger partial charge in [0.05, 0.1) is 6.61 Å². The summed E-state index contributed by atoms with van der Waals surface area (Å²) in [6.07, 6.45) is 2.40. The molecule has 0 saturated carbocycles. The zero-order chi connectivity index (χ0) is 23.5. The normalized spacial score (nSPS) is 20.0. The Balaban J connectivity index is 1.39. The van der Waals surface area contributed by atoms with Gasteiger partial charge >= 0.3 is 0 Å². The van der Waals surface area contributed by atoms with Crippen LogP contribution < -0.4 is 10.1 Å². The van der Waals surface area contributed by atoms with E-state index in [9.17, 15) is 9.59 Å². The minimum absolute atomic E-state index is 0.0207. The summed E-state index contributed by atoms with van der Waals surface area (Å²) in [5.74, 6) is 0.831. The van der Waals surface area contributed by atoms with Crippen LogP contribution in [0.25, 0.3) is 11.1 Å². The van der Waals surface area contributed by atoms with Crippen molar-refractivity contribution in [2.24, 2.45) is 0 Å². The zero-order valence-electron chi connectivity index (χ0n) is 19.4. The molecule has 34 heavy (non-hydrogen) atoms. The molecular formula is C30H29NO3. The molecule has 5 rings (SSSR count). The van der Waals surface area contributed by atoms with Crippen molar-refractivity contribution in [1.29, 1.82) is 0 Å². The van der Waals surface area contributed by atoms with Gasteiger partial charge in [0.1, 0.15) is 5.75 Å². The maximum absolute atomic E-state index is 13.4. The van der Waals surface area contributed by atoms with Gasteiger partial charge in [0.15, 0.2) is 5.78 Å². The average Bonchev–Trinajstić information content (AvgIpc) is 2.87. The van der Waals surface area contributed by atoms with Crippen LogP contribution in [0.5, 0.6) is 5.75 Å². The highest BCUT2D eigenvalue weighted by Gasteiger charge is 2.38. The first-order chi connectivity index (χ1) is 16.6. The van der Waals surface area contributed by atoms with E-state index in [1.165, 1.54) is 0 Å². The first-order valence-corrected chi connectivity index (χ1v) is 12.1. The van der Waals surface area contributed by atoms with Crippen LogP contribution in [0.2, 0.25) is 0 Å². The van der Waals surface area contributed by atoms with Gasteiger partial charge in [-0.2, -0.15) is 0 Å². The maximum Gasteiger partial charge on any atom is 0.225 e. The molecule has 2 unspecified atom stereocenters. The number of rotatable bonds is 6. The number of Topliss-reactive ketones (excluding diaryl/α,β-unsaturated/α-hetero) is 1. The van der Waals surface area contributed by atoms with Crippen LogP contribution in [0, 0.1) is 0 Å². The predicted molar refractivity (Wildman–Crippen MR) is 134 cm³/mol. The van der Waals surface area contributed by atoms with Crippen LogP contribution >= 0.6 is 0 Å². The van der Waals surface area contributed by atoms with E-state index in [0.717, 1.165) is 45.7 Å². The number of allylic oxidation sites excluding steroid dienone is 2. The quantitative estimate of drug-likeness (QED) is 0.489. The second-order valence-electron chi connectivity index (χ2n) is 9.13. The number of benzene rings is 3. The number of nitrogens with one attached hydrogen (secondary N) is 1. The first kappa shape index (κ1) is 22.1. The second-order valence-corrected chi connectivity index (χ2v) is 9.13. The molecule has 1 aliphatic carbocycles. The van der Waals surface area contributed by atoms with E-state index in [-0.39, 0.29) is 23.5 Å². The van der Waals surface area contributed by atoms with Crippen LogP contribution in [0.3, 0.4) is 0 Å². The van der Waals surface area contributed by atoms with Crippen molar-refractivity contribution in [2.75, 3.05) is 6.61 Å². The molecule has 172 valence electrons. The lowest BCUT2D eigenvalue weighted by molar-refractivity contribution is -0.122. The monoisotopic (exact) mass is 451 g/mol. The number of hydrogen-bond acceptors (Lipinski definition) is 3. The molecule has 4 heteroatoms. The van der Waals surface area contributed by atoms with Crippen LogP contribution in [0.4, 0.5) is 0 Å². The molecule has 0 spiro atoms. The molecule has 0 radical (unpaired) electrons. The summed E-state index contributed by atoms with van der Waals surface area (Å²) in [7, 11) is 0. The van der Waals surface area contributed by atoms with Crippen molar-refractivity contribution >= 4 is 11.7 Å². The Morgan fingerprint density at radius 3 is 2.18 bits per heavy atom. The van der Waals surface area contributed by atoms with Crippen molar-refractivity contribution in [1.82, 2.24) is 5.32 Å². The summed E-state index contributed by atoms with van der Waals surface area (Å²) in [4.78, 5) is 26.0. The van der Waals surface area contributed by atoms with Gasteiger partial charge in [0.2, 0.25) is 5.91 Å². The molecule has 4 nitrogen and oxygen atoms in total. The molecule has 0 aromatic heterocycles. The standard InChI is InChI=1S/C30H29NO3/c1-2-16-34-25-14-12-22(13-15-25)24-17-27-30(28(32)18-24)26(19-29(33)31-27)23-10-8-21(9-11-23)20-6-4-3-5-7-20/h3-15,24,26H,2,16-19H2,1H3,(H,31,33). The van der Waals surface area contributed by atoms with E-state index < -0.39 is 0 Å². The van der Waals surface area contributed by atoms with Crippen molar-refractivity contribution in [3.8, 4) is 16.9 Å². The molecule has 1 N–H and O–H groups in total. The molecule has 0 saturated heterocycles. The molecule has 2 atom stereocenters. The lowest BCUT2D eigenvalue weighted by Crippen LogP contribution is -2.38. The highest BCUT2D eigenvalue weighted by molar-refractivity contribution is 6.02. The Labute approximate surface area is 200 Å². The molecule has 2 aliphatic rings. The number of carbonyl (C=O) groups is 2. The van der Waals surface area contributed by atoms with Crippen LogP contribution in [-0.4, -0.2) is 18.3 Å². The number of ketones is 1. The van der Waals surface area contributed by atoms with Gasteiger partial charge in [-0.3, -0.25) is 9.59 Å². The third kappa shape index (κ3) is 4.54. The van der Waals surface area contributed by atoms with Crippen LogP contribution in [0.15, 0.2) is 90.1 Å². The fourth-order valence-electron chi connectivity index (χ4n) is 5.08. The molecule has 1 aliphatic heterocycles. The molecule has 1 amide bonds. The SMILES string of the molecule is CCCOc1ccc(C2CC(=O)C3=C(C2)NC(=O)CC3c2ccc(-c3ccccc3)cc2)cc1. The van der Waals surface area contributed by atoms with E-state index in [1.807, 2.05) is 42.5 Å². The van der Waals surface area contributed by atoms with Crippen molar-refractivity contribution < 1.29 is 14.3 Å². The van der Waals surface area contributed by atoms with Gasteiger partial charge in [-0.25, -0.2) is 0 Å². The third-order valence-electron chi connectivity index (χ3n) is 6.78. The Kier molecular flexibility index (Phi) is 6.31. The smallest absolute Gasteiger partial charge is 0.225 e. The Morgan fingerprint density at radius 2 is 1.47 bits per heavy atom. The highest BCUT2D eigenvalue weighted by atomic mass is 16.5. The molecule has 0 bridgehead atoms. The van der Waals surface area contributed by atoms with E-state index >= 15 is 0 Å². The predicted octanol–water partition coefficient (Wildman–Crippen LogP) is 6.15. The van der Waals surface area contributed by atoms with Gasteiger partial charge in [0, 0.05) is 30.0 Å². The van der Waals surface area contributed by atoms with E-state index in [0.29, 0.717) is 25.9 Å². The summed E-state index contributed by atoms with van der Waals surface area (Å²) in [5.41, 5.74) is 5.98. The summed E-state index contributed by atoms with van der Waals surface area (Å²) in [6.45, 7) is 2.77. The summed E-state index contributed by atoms with van der Waals surface area (Å²) in [5, 5.41) is 3.02. The summed E-state index contributed by atoms with van der Waals surface area (Å²) in [6, 6.07) is 26.5. The number of hydrogen-bond donors (Lipinski definition) is 1. The molecular weight excluding hydrogens is 422 g/mol. The molecule has 1 heterocycles. The summed E-state index contributed by atoms with van der Waals surface area (Å²) >= 11 is 0. The minimum Gasteiger partial charge on any atom is -0.494 e. The Bertz CT molecular complexity index is 1210. The second kappa shape index (κ2) is 9.68. The van der Waals surface area contributed by atoms with E-state index in [1.54, 1.807) is 0 Å². The van der Waals surface area contributed by atoms with Crippen molar-refractivity contribution in [3.63, 3.8) is 0 Å². The van der Waals surface area contributed by atoms with Crippen molar-refractivity contribution in [2.45, 2.75) is 44.4 Å². The third-order valence-corrected chi connectivity index (χ3v) is 6.78. The first-order valence-electron chi connectivity index (χ1n) is 12.1. The fraction of sp³-hybridized carbons (Fsp3) is 0.267. The van der Waals surface area contributed by atoms with E-state index in [4.69, 9.17) is 4.74 Å². The Hall–Kier alpha value is -3.66. The zero-order valence-corrected chi connectivity index (χ0v) is 19.4. The van der Waals surface area contributed by atoms with Crippen molar-refractivity contribution in [3.05, 3.63) is 101 Å². The van der Waals surface area contributed by atoms with Crippen LogP contribution in [-0.2, 0) is 9.59 Å². The van der Waals surface area contributed by atoms with Gasteiger partial charge in [-0.1, -0.05) is 73.7 Å². The average molecular weight is 452 g/mol. The van der Waals surface area contributed by atoms with E-state index in [2.05, 4.69) is 48.6 Å². The lowest BCUT2D eigenvalue weighted by atomic mass is 9.73. The molecule has 0 fully saturated rings.